The van der Waals surface area contributed by atoms with Crippen LogP contribution in [0.15, 0.2) is 54.7 Å². The van der Waals surface area contributed by atoms with Gasteiger partial charge >= 0.3 is 0 Å². The van der Waals surface area contributed by atoms with Crippen LogP contribution in [0.25, 0.3) is 5.69 Å². The number of hydrogen-bond acceptors (Lipinski definition) is 11. The Morgan fingerprint density at radius 2 is 1.34 bits per heavy atom. The van der Waals surface area contributed by atoms with Gasteiger partial charge in [-0.1, -0.05) is 69.0 Å². The van der Waals surface area contributed by atoms with Gasteiger partial charge in [0.2, 0.25) is 0 Å². The van der Waals surface area contributed by atoms with Gasteiger partial charge in [-0.15, -0.1) is 11.5 Å². The molecule has 1 aliphatic carbocycles. The number of benzene rings is 2. The molecule has 1 aliphatic rings. The van der Waals surface area contributed by atoms with Crippen molar-refractivity contribution in [1.82, 2.24) is 20.3 Å². The molecule has 1 fully saturated rings. The molecule has 12 nitrogen and oxygen atoms in total. The second-order valence-corrected chi connectivity index (χ2v) is 13.0. The summed E-state index contributed by atoms with van der Waals surface area (Å²) in [6.45, 7) is 8.82. The summed E-state index contributed by atoms with van der Waals surface area (Å²) in [5.74, 6) is 3.32. The molecule has 0 unspecified atom stereocenters. The van der Waals surface area contributed by atoms with Crippen molar-refractivity contribution in [3.63, 3.8) is 0 Å². The van der Waals surface area contributed by atoms with Crippen molar-refractivity contribution in [2.24, 2.45) is 17.4 Å². The molecule has 0 aliphatic heterocycles. The van der Waals surface area contributed by atoms with E-state index in [1.807, 2.05) is 42.6 Å². The molecule has 0 spiro atoms. The number of nitrogens with two attached hydrogens (primary N) is 2. The average Bonchev–Trinajstić information content (AvgIpc) is 3.67. The van der Waals surface area contributed by atoms with Gasteiger partial charge in [0.25, 0.3) is 0 Å². The summed E-state index contributed by atoms with van der Waals surface area (Å²) < 4.78 is 33.5. The summed E-state index contributed by atoms with van der Waals surface area (Å²) in [4.78, 5) is 0. The normalized spacial score (nSPS) is 14.6. The van der Waals surface area contributed by atoms with E-state index < -0.39 is 0 Å². The van der Waals surface area contributed by atoms with Gasteiger partial charge in [0, 0.05) is 36.9 Å². The first-order valence-corrected chi connectivity index (χ1v) is 19.1. The van der Waals surface area contributed by atoms with Gasteiger partial charge in [-0.05, 0) is 83.8 Å². The minimum atomic E-state index is 0. The molecule has 1 heterocycles. The molecule has 2 atom stereocenters. The molecule has 3 aromatic rings. The fraction of sp³-hybridized carbons (Fsp3) is 0.600. The molecule has 0 bridgehead atoms. The Morgan fingerprint density at radius 1 is 0.811 bits per heavy atom. The molecular formula is C40H67IN6O6. The van der Waals surface area contributed by atoms with Crippen molar-refractivity contribution in [1.29, 1.82) is 0 Å². The van der Waals surface area contributed by atoms with Gasteiger partial charge < -0.3 is 45.2 Å². The van der Waals surface area contributed by atoms with Crippen LogP contribution in [0, 0.1) is 21.8 Å². The third-order valence-electron chi connectivity index (χ3n) is 7.97. The zero-order chi connectivity index (χ0) is 38.1. The standard InChI is InChI=1S/C15H22N4O3.C9H19N.C8H14O3.C7H8IN.CH4/c1-20-6-7-21-8-9-22-12-14-11-19(18-17-14)15-4-2-13(10-16)3-5-15;1-3-8-6-4-5-7-9(8)10-2;1-3-4-10-7-8-11-6-5-9-2;8-7-3-1-6(5-9)2-4-7;/h2-5,11H,6-10,12,16H2,1H3;8-10H,3-7H2,1-2H3;1H,4-8H2,2H3;1-4H,5,9H2;1H4/t;8-,9-;;;/m.0.../s1. The van der Waals surface area contributed by atoms with Crippen LogP contribution in [0.1, 0.15) is 63.3 Å². The van der Waals surface area contributed by atoms with Crippen molar-refractivity contribution in [3.05, 3.63) is 75.1 Å². The first-order chi connectivity index (χ1) is 25.5. The van der Waals surface area contributed by atoms with E-state index in [1.165, 1.54) is 41.2 Å². The van der Waals surface area contributed by atoms with E-state index in [4.69, 9.17) is 46.3 Å². The largest absolute Gasteiger partial charge is 0.382 e. The third-order valence-corrected chi connectivity index (χ3v) is 8.69. The van der Waals surface area contributed by atoms with Crippen molar-refractivity contribution in [2.45, 2.75) is 72.2 Å². The summed E-state index contributed by atoms with van der Waals surface area (Å²) in [5.41, 5.74) is 15.0. The van der Waals surface area contributed by atoms with Gasteiger partial charge in [-0.3, -0.25) is 0 Å². The molecule has 4 rings (SSSR count). The number of nitrogens with zero attached hydrogens (tertiary/aromatic N) is 3. The number of rotatable bonds is 20. The topological polar surface area (TPSA) is 150 Å². The summed E-state index contributed by atoms with van der Waals surface area (Å²) in [6.07, 6.45) is 13.9. The minimum Gasteiger partial charge on any atom is -0.382 e. The number of ether oxygens (including phenoxy) is 6. The molecule has 53 heavy (non-hydrogen) atoms. The molecule has 2 aromatic carbocycles. The molecule has 1 aromatic heterocycles. The number of aromatic nitrogens is 3. The highest BCUT2D eigenvalue weighted by atomic mass is 127. The molecular weight excluding hydrogens is 787 g/mol. The second kappa shape index (κ2) is 35.2. The number of terminal acetylenes is 1. The van der Waals surface area contributed by atoms with E-state index in [-0.39, 0.29) is 7.43 Å². The van der Waals surface area contributed by atoms with Gasteiger partial charge in [-0.2, -0.15) is 0 Å². The summed E-state index contributed by atoms with van der Waals surface area (Å²) in [7, 11) is 5.38. The van der Waals surface area contributed by atoms with E-state index in [0.29, 0.717) is 79.2 Å². The summed E-state index contributed by atoms with van der Waals surface area (Å²) >= 11 is 2.27. The summed E-state index contributed by atoms with van der Waals surface area (Å²) in [5, 5.41) is 11.6. The Morgan fingerprint density at radius 3 is 1.85 bits per heavy atom. The predicted octanol–water partition coefficient (Wildman–Crippen LogP) is 5.77. The second-order valence-electron chi connectivity index (χ2n) is 11.7. The number of halogens is 1. The molecule has 13 heteroatoms. The van der Waals surface area contributed by atoms with Gasteiger partial charge in [-0.25, -0.2) is 4.68 Å². The minimum absolute atomic E-state index is 0. The third kappa shape index (κ3) is 25.3. The van der Waals surface area contributed by atoms with Crippen LogP contribution in [0.4, 0.5) is 0 Å². The maximum atomic E-state index is 5.58. The molecule has 0 amide bonds. The van der Waals surface area contributed by atoms with Crippen LogP contribution in [-0.2, 0) is 48.1 Å². The Kier molecular flexibility index (Phi) is 33.6. The number of methoxy groups -OCH3 is 2. The van der Waals surface area contributed by atoms with E-state index in [9.17, 15) is 0 Å². The van der Waals surface area contributed by atoms with Crippen molar-refractivity contribution >= 4 is 22.6 Å². The Hall–Kier alpha value is -2.49. The Bertz CT molecular complexity index is 1260. The lowest BCUT2D eigenvalue weighted by atomic mass is 9.83. The van der Waals surface area contributed by atoms with Crippen LogP contribution >= 0.6 is 22.6 Å². The predicted molar refractivity (Wildman–Crippen MR) is 223 cm³/mol. The van der Waals surface area contributed by atoms with Crippen molar-refractivity contribution in [3.8, 4) is 18.0 Å². The fourth-order valence-electron chi connectivity index (χ4n) is 5.00. The van der Waals surface area contributed by atoms with Gasteiger partial charge in [0.05, 0.1) is 71.3 Å². The lowest BCUT2D eigenvalue weighted by molar-refractivity contribution is 0.0192. The van der Waals surface area contributed by atoms with E-state index in [2.05, 4.69) is 70.2 Å². The highest BCUT2D eigenvalue weighted by Gasteiger charge is 2.21. The molecule has 5 N–H and O–H groups in total. The van der Waals surface area contributed by atoms with Gasteiger partial charge in [0.15, 0.2) is 0 Å². The molecule has 1 saturated carbocycles. The first-order valence-electron chi connectivity index (χ1n) is 18.0. The lowest BCUT2D eigenvalue weighted by Crippen LogP contribution is -2.35. The first kappa shape index (κ1) is 50.5. The monoisotopic (exact) mass is 854 g/mol. The number of hydrogen-bond donors (Lipinski definition) is 3. The van der Waals surface area contributed by atoms with Crippen LogP contribution in [0.2, 0.25) is 0 Å². The van der Waals surface area contributed by atoms with Crippen molar-refractivity contribution < 1.29 is 28.4 Å². The van der Waals surface area contributed by atoms with Gasteiger partial charge in [0.1, 0.15) is 12.3 Å². The fourth-order valence-corrected chi connectivity index (χ4v) is 5.36. The van der Waals surface area contributed by atoms with E-state index in [0.717, 1.165) is 28.9 Å². The molecule has 300 valence electrons. The van der Waals surface area contributed by atoms with Crippen LogP contribution < -0.4 is 16.8 Å². The highest BCUT2D eigenvalue weighted by molar-refractivity contribution is 14.1. The lowest BCUT2D eigenvalue weighted by Gasteiger charge is -2.30. The Balaban J connectivity index is 0.000000737. The average molecular weight is 855 g/mol. The maximum absolute atomic E-state index is 5.58. The molecule has 0 radical (unpaired) electrons. The van der Waals surface area contributed by atoms with Crippen LogP contribution in [0.3, 0.4) is 0 Å². The summed E-state index contributed by atoms with van der Waals surface area (Å²) in [6, 6.07) is 16.9. The Labute approximate surface area is 333 Å². The van der Waals surface area contributed by atoms with E-state index in [1.54, 1.807) is 18.9 Å². The van der Waals surface area contributed by atoms with Crippen molar-refractivity contribution in [2.75, 3.05) is 80.7 Å². The highest BCUT2D eigenvalue weighted by Crippen LogP contribution is 2.26. The zero-order valence-electron chi connectivity index (χ0n) is 31.8. The van der Waals surface area contributed by atoms with Crippen LogP contribution in [0.5, 0.6) is 0 Å². The van der Waals surface area contributed by atoms with E-state index >= 15 is 0 Å². The van der Waals surface area contributed by atoms with Crippen LogP contribution in [-0.4, -0.2) is 102 Å². The molecule has 0 saturated heterocycles. The SMILES string of the molecule is C.C#CCOCCOCCOC.CC[C@H]1CCCC[C@@H]1NC.COCCOCCOCc1cn(-c2ccc(CN)cc2)nn1.NCc1ccc(I)cc1. The smallest absolute Gasteiger partial charge is 0.109 e. The zero-order valence-corrected chi connectivity index (χ0v) is 33.9. The quantitative estimate of drug-likeness (QED) is 0.0723. The number of nitrogens with one attached hydrogen (secondary N) is 1. The maximum Gasteiger partial charge on any atom is 0.109 e.